The van der Waals surface area contributed by atoms with Crippen molar-refractivity contribution in [2.75, 3.05) is 26.9 Å². The van der Waals surface area contributed by atoms with Crippen LogP contribution in [0, 0.1) is 0 Å². The Morgan fingerprint density at radius 3 is 2.67 bits per heavy atom. The zero-order chi connectivity index (χ0) is 15.5. The third kappa shape index (κ3) is 6.92. The molecule has 0 unspecified atom stereocenters. The van der Waals surface area contributed by atoms with Gasteiger partial charge in [-0.1, -0.05) is 13.0 Å². The molecule has 0 fully saturated rings. The third-order valence-electron chi connectivity index (χ3n) is 2.69. The second-order valence-corrected chi connectivity index (χ2v) is 4.41. The van der Waals surface area contributed by atoms with Gasteiger partial charge in [-0.2, -0.15) is 0 Å². The summed E-state index contributed by atoms with van der Waals surface area (Å²) in [5.41, 5.74) is 1.67. The largest absolute Gasteiger partial charge is 0.496 e. The molecule has 1 N–H and O–H groups in total. The van der Waals surface area contributed by atoms with E-state index in [2.05, 4.69) is 6.92 Å². The number of hydrogen-bond acceptors (Lipinski definition) is 4. The molecule has 0 aliphatic carbocycles. The SMILES string of the molecule is CCCOCCOCc1ccc(OC)c(C=CC(=O)O)c1. The molecule has 116 valence electrons. The summed E-state index contributed by atoms with van der Waals surface area (Å²) in [6, 6.07) is 5.54. The van der Waals surface area contributed by atoms with Gasteiger partial charge in [-0.3, -0.25) is 0 Å². The number of hydrogen-bond donors (Lipinski definition) is 1. The number of methoxy groups -OCH3 is 1. The van der Waals surface area contributed by atoms with E-state index >= 15 is 0 Å². The van der Waals surface area contributed by atoms with Crippen LogP contribution in [-0.4, -0.2) is 38.0 Å². The molecule has 0 aromatic heterocycles. The number of aliphatic carboxylic acids is 1. The van der Waals surface area contributed by atoms with Gasteiger partial charge in [-0.05, 0) is 30.2 Å². The van der Waals surface area contributed by atoms with Crippen molar-refractivity contribution >= 4 is 12.0 Å². The molecule has 0 spiro atoms. The van der Waals surface area contributed by atoms with Crippen molar-refractivity contribution in [3.63, 3.8) is 0 Å². The summed E-state index contributed by atoms with van der Waals surface area (Å²) in [6.45, 7) is 4.37. The van der Waals surface area contributed by atoms with Gasteiger partial charge in [0.15, 0.2) is 0 Å². The van der Waals surface area contributed by atoms with Crippen LogP contribution in [0.4, 0.5) is 0 Å². The Morgan fingerprint density at radius 1 is 1.24 bits per heavy atom. The molecular weight excluding hydrogens is 272 g/mol. The molecule has 1 aromatic rings. The van der Waals surface area contributed by atoms with Crippen LogP contribution in [0.25, 0.3) is 6.08 Å². The Kier molecular flexibility index (Phi) is 8.16. The van der Waals surface area contributed by atoms with Crippen LogP contribution in [-0.2, 0) is 20.9 Å². The summed E-state index contributed by atoms with van der Waals surface area (Å²) in [5, 5.41) is 8.69. The van der Waals surface area contributed by atoms with Gasteiger partial charge in [0, 0.05) is 18.2 Å². The smallest absolute Gasteiger partial charge is 0.328 e. The summed E-state index contributed by atoms with van der Waals surface area (Å²) in [4.78, 5) is 10.6. The first-order valence-corrected chi connectivity index (χ1v) is 6.90. The first kappa shape index (κ1) is 17.2. The predicted molar refractivity (Wildman–Crippen MR) is 80.4 cm³/mol. The summed E-state index contributed by atoms with van der Waals surface area (Å²) < 4.78 is 16.0. The molecule has 0 atom stereocenters. The van der Waals surface area contributed by atoms with E-state index in [0.717, 1.165) is 24.7 Å². The summed E-state index contributed by atoms with van der Waals surface area (Å²) >= 11 is 0. The van der Waals surface area contributed by atoms with Gasteiger partial charge in [0.25, 0.3) is 0 Å². The van der Waals surface area contributed by atoms with Crippen LogP contribution in [0.5, 0.6) is 5.75 Å². The molecule has 0 heterocycles. The van der Waals surface area contributed by atoms with E-state index in [0.29, 0.717) is 31.1 Å². The molecule has 1 rings (SSSR count). The Morgan fingerprint density at radius 2 is 2.00 bits per heavy atom. The van der Waals surface area contributed by atoms with Crippen molar-refractivity contribution in [1.29, 1.82) is 0 Å². The molecule has 0 aliphatic heterocycles. The molecule has 0 amide bonds. The zero-order valence-corrected chi connectivity index (χ0v) is 12.5. The van der Waals surface area contributed by atoms with Gasteiger partial charge in [-0.25, -0.2) is 4.79 Å². The minimum Gasteiger partial charge on any atom is -0.496 e. The van der Waals surface area contributed by atoms with Crippen molar-refractivity contribution in [1.82, 2.24) is 0 Å². The van der Waals surface area contributed by atoms with Gasteiger partial charge < -0.3 is 19.3 Å². The van der Waals surface area contributed by atoms with Gasteiger partial charge in [0.1, 0.15) is 5.75 Å². The van der Waals surface area contributed by atoms with E-state index in [1.807, 2.05) is 12.1 Å². The monoisotopic (exact) mass is 294 g/mol. The van der Waals surface area contributed by atoms with E-state index in [4.69, 9.17) is 19.3 Å². The van der Waals surface area contributed by atoms with Crippen molar-refractivity contribution < 1.29 is 24.1 Å². The minimum absolute atomic E-state index is 0.452. The molecule has 5 nitrogen and oxygen atoms in total. The zero-order valence-electron chi connectivity index (χ0n) is 12.5. The summed E-state index contributed by atoms with van der Waals surface area (Å²) in [6.07, 6.45) is 3.59. The molecule has 5 heteroatoms. The van der Waals surface area contributed by atoms with Crippen molar-refractivity contribution in [3.05, 3.63) is 35.4 Å². The Bertz CT molecular complexity index is 468. The van der Waals surface area contributed by atoms with Crippen molar-refractivity contribution in [2.45, 2.75) is 20.0 Å². The first-order chi connectivity index (χ1) is 10.2. The van der Waals surface area contributed by atoms with Crippen molar-refractivity contribution in [3.8, 4) is 5.75 Å². The number of benzene rings is 1. The number of ether oxygens (including phenoxy) is 3. The highest BCUT2D eigenvalue weighted by atomic mass is 16.5. The van der Waals surface area contributed by atoms with Crippen molar-refractivity contribution in [2.24, 2.45) is 0 Å². The lowest BCUT2D eigenvalue weighted by Crippen LogP contribution is -2.05. The van der Waals surface area contributed by atoms with Crippen LogP contribution in [0.3, 0.4) is 0 Å². The molecule has 0 saturated heterocycles. The van der Waals surface area contributed by atoms with Gasteiger partial charge in [-0.15, -0.1) is 0 Å². The van der Waals surface area contributed by atoms with Crippen LogP contribution >= 0.6 is 0 Å². The number of carboxylic acid groups (broad SMARTS) is 1. The van der Waals surface area contributed by atoms with Crippen LogP contribution in [0.15, 0.2) is 24.3 Å². The highest BCUT2D eigenvalue weighted by molar-refractivity contribution is 5.85. The van der Waals surface area contributed by atoms with Gasteiger partial charge >= 0.3 is 5.97 Å². The Labute approximate surface area is 125 Å². The molecule has 0 bridgehead atoms. The third-order valence-corrected chi connectivity index (χ3v) is 2.69. The van der Waals surface area contributed by atoms with E-state index < -0.39 is 5.97 Å². The average Bonchev–Trinajstić information content (AvgIpc) is 2.48. The van der Waals surface area contributed by atoms with E-state index in [1.54, 1.807) is 13.2 Å². The lowest BCUT2D eigenvalue weighted by Gasteiger charge is -2.09. The molecular formula is C16H22O5. The van der Waals surface area contributed by atoms with Crippen LogP contribution < -0.4 is 4.74 Å². The Hall–Kier alpha value is -1.85. The maximum absolute atomic E-state index is 10.6. The molecule has 21 heavy (non-hydrogen) atoms. The normalized spacial score (nSPS) is 11.0. The number of carboxylic acids is 1. The summed E-state index contributed by atoms with van der Waals surface area (Å²) in [7, 11) is 1.55. The minimum atomic E-state index is -0.994. The second-order valence-electron chi connectivity index (χ2n) is 4.41. The lowest BCUT2D eigenvalue weighted by molar-refractivity contribution is -0.131. The molecule has 0 radical (unpaired) electrons. The second kappa shape index (κ2) is 9.96. The first-order valence-electron chi connectivity index (χ1n) is 6.90. The van der Waals surface area contributed by atoms with E-state index in [9.17, 15) is 4.79 Å². The number of carbonyl (C=O) groups is 1. The molecule has 1 aromatic carbocycles. The van der Waals surface area contributed by atoms with Crippen LogP contribution in [0.2, 0.25) is 0 Å². The maximum Gasteiger partial charge on any atom is 0.328 e. The van der Waals surface area contributed by atoms with Gasteiger partial charge in [0.2, 0.25) is 0 Å². The highest BCUT2D eigenvalue weighted by Gasteiger charge is 2.03. The number of rotatable bonds is 10. The topological polar surface area (TPSA) is 65.0 Å². The average molecular weight is 294 g/mol. The highest BCUT2D eigenvalue weighted by Crippen LogP contribution is 2.21. The fourth-order valence-corrected chi connectivity index (χ4v) is 1.72. The maximum atomic E-state index is 10.6. The quantitative estimate of drug-likeness (QED) is 0.531. The van der Waals surface area contributed by atoms with Gasteiger partial charge in [0.05, 0.1) is 26.9 Å². The standard InChI is InChI=1S/C16H22O5/c1-3-8-20-9-10-21-12-13-4-6-15(19-2)14(11-13)5-7-16(17)18/h4-7,11H,3,8-10,12H2,1-2H3,(H,17,18). The molecule has 0 saturated carbocycles. The fraction of sp³-hybridized carbons (Fsp3) is 0.438. The fourth-order valence-electron chi connectivity index (χ4n) is 1.72. The van der Waals surface area contributed by atoms with E-state index in [-0.39, 0.29) is 0 Å². The lowest BCUT2D eigenvalue weighted by atomic mass is 10.1. The predicted octanol–water partition coefficient (Wildman–Crippen LogP) is 2.74. The molecule has 0 aliphatic rings. The van der Waals surface area contributed by atoms with Crippen LogP contribution in [0.1, 0.15) is 24.5 Å². The summed E-state index contributed by atoms with van der Waals surface area (Å²) in [5.74, 6) is -0.366. The van der Waals surface area contributed by atoms with E-state index in [1.165, 1.54) is 6.08 Å². The Balaban J connectivity index is 2.55.